The lowest BCUT2D eigenvalue weighted by atomic mass is 9.73. The van der Waals surface area contributed by atoms with Crippen molar-refractivity contribution < 1.29 is 19.1 Å². The number of piperidine rings is 1. The monoisotopic (exact) mass is 490 g/mol. The molecule has 4 heterocycles. The number of likely N-dealkylation sites (tertiary alicyclic amines) is 1. The minimum Gasteiger partial charge on any atom is -0.444 e. The van der Waals surface area contributed by atoms with Crippen molar-refractivity contribution in [3.63, 3.8) is 0 Å². The van der Waals surface area contributed by atoms with Crippen LogP contribution in [0.3, 0.4) is 0 Å². The van der Waals surface area contributed by atoms with Crippen LogP contribution in [0, 0.1) is 5.41 Å². The molecule has 2 saturated heterocycles. The number of rotatable bonds is 4. The lowest BCUT2D eigenvalue weighted by molar-refractivity contribution is -0.0843. The molecule has 0 bridgehead atoms. The molecule has 2 fully saturated rings. The van der Waals surface area contributed by atoms with E-state index in [1.54, 1.807) is 21.6 Å². The summed E-state index contributed by atoms with van der Waals surface area (Å²) in [4.78, 5) is 31.7. The number of pyridine rings is 1. The first-order valence-corrected chi connectivity index (χ1v) is 12.5. The summed E-state index contributed by atoms with van der Waals surface area (Å²) in [6.45, 7) is 10.1. The Balaban J connectivity index is 1.29. The number of imidazole rings is 1. The van der Waals surface area contributed by atoms with Crippen molar-refractivity contribution in [3.8, 4) is 0 Å². The van der Waals surface area contributed by atoms with Gasteiger partial charge >= 0.3 is 6.09 Å². The van der Waals surface area contributed by atoms with Crippen LogP contribution in [-0.2, 0) is 15.9 Å². The third-order valence-electron chi connectivity index (χ3n) is 6.79. The predicted molar refractivity (Wildman–Crippen MR) is 130 cm³/mol. The van der Waals surface area contributed by atoms with Crippen LogP contribution in [0.15, 0.2) is 18.3 Å². The normalized spacial score (nSPS) is 20.5. The fourth-order valence-corrected chi connectivity index (χ4v) is 4.97. The van der Waals surface area contributed by atoms with E-state index in [2.05, 4.69) is 10.3 Å². The van der Waals surface area contributed by atoms with Gasteiger partial charge in [-0.05, 0) is 70.4 Å². The molecule has 2 aromatic rings. The van der Waals surface area contributed by atoms with Crippen LogP contribution in [-0.4, -0.2) is 64.2 Å². The summed E-state index contributed by atoms with van der Waals surface area (Å²) in [5.41, 5.74) is 1.61. The van der Waals surface area contributed by atoms with Gasteiger partial charge in [0.05, 0.1) is 23.4 Å². The minimum atomic E-state index is -0.481. The number of hydrogen-bond donors (Lipinski definition) is 1. The van der Waals surface area contributed by atoms with Crippen LogP contribution < -0.4 is 5.32 Å². The second-order valence-electron chi connectivity index (χ2n) is 10.5. The number of nitrogens with one attached hydrogen (secondary N) is 1. The summed E-state index contributed by atoms with van der Waals surface area (Å²) >= 11 is 6.14. The molecular formula is C25H35ClN4O4. The van der Waals surface area contributed by atoms with Crippen molar-refractivity contribution in [2.75, 3.05) is 26.2 Å². The highest BCUT2D eigenvalue weighted by Gasteiger charge is 2.40. The summed E-state index contributed by atoms with van der Waals surface area (Å²) in [6, 6.07) is 3.59. The van der Waals surface area contributed by atoms with Crippen LogP contribution in [0.4, 0.5) is 4.79 Å². The molecular weight excluding hydrogens is 456 g/mol. The maximum absolute atomic E-state index is 13.0. The molecule has 1 atom stereocenters. The first-order valence-electron chi connectivity index (χ1n) is 12.1. The van der Waals surface area contributed by atoms with E-state index in [-0.39, 0.29) is 23.5 Å². The lowest BCUT2D eigenvalue weighted by Crippen LogP contribution is -2.49. The number of fused-ring (bicyclic) bond motifs is 1. The predicted octanol–water partition coefficient (Wildman–Crippen LogP) is 4.48. The number of ether oxygens (including phenoxy) is 2. The second-order valence-corrected chi connectivity index (χ2v) is 10.9. The lowest BCUT2D eigenvalue weighted by Gasteiger charge is -2.45. The Hall–Kier alpha value is -2.32. The highest BCUT2D eigenvalue weighted by Crippen LogP contribution is 2.40. The van der Waals surface area contributed by atoms with Gasteiger partial charge in [-0.1, -0.05) is 18.5 Å². The van der Waals surface area contributed by atoms with Crippen molar-refractivity contribution in [2.24, 2.45) is 5.41 Å². The molecule has 1 N–H and O–H groups in total. The summed E-state index contributed by atoms with van der Waals surface area (Å²) < 4.78 is 13.4. The summed E-state index contributed by atoms with van der Waals surface area (Å²) in [6.07, 6.45) is 5.86. The van der Waals surface area contributed by atoms with Crippen molar-refractivity contribution in [2.45, 2.75) is 71.5 Å². The van der Waals surface area contributed by atoms with Crippen LogP contribution in [0.1, 0.15) is 69.6 Å². The van der Waals surface area contributed by atoms with Gasteiger partial charge in [-0.3, -0.25) is 9.20 Å². The zero-order chi connectivity index (χ0) is 24.5. The molecule has 2 aliphatic rings. The van der Waals surface area contributed by atoms with Gasteiger partial charge in [0, 0.05) is 25.8 Å². The Kier molecular flexibility index (Phi) is 7.10. The van der Waals surface area contributed by atoms with Gasteiger partial charge in [-0.15, -0.1) is 0 Å². The van der Waals surface area contributed by atoms with Gasteiger partial charge in [0.15, 0.2) is 0 Å². The molecule has 8 nitrogen and oxygen atoms in total. The van der Waals surface area contributed by atoms with Crippen molar-refractivity contribution in [1.82, 2.24) is 19.6 Å². The first kappa shape index (κ1) is 24.8. The third kappa shape index (κ3) is 5.49. The summed E-state index contributed by atoms with van der Waals surface area (Å²) in [5, 5.41) is 3.59. The molecule has 186 valence electrons. The Morgan fingerprint density at radius 3 is 2.62 bits per heavy atom. The third-order valence-corrected chi connectivity index (χ3v) is 7.02. The van der Waals surface area contributed by atoms with Crippen LogP contribution in [0.25, 0.3) is 5.65 Å². The number of carbonyl (C=O) groups is 2. The highest BCUT2D eigenvalue weighted by molar-refractivity contribution is 6.30. The topological polar surface area (TPSA) is 85.2 Å². The standard InChI is InChI=1S/C25H35ClN4O4/c1-5-19-21(30-15-17(26)6-7-20(30)28-19)22(31)27-14-18-8-9-25(16-33-18)10-12-29(13-11-25)23(32)34-24(2,3)4/h6-7,15,18H,5,8-14,16H2,1-4H3,(H,27,31). The molecule has 1 spiro atoms. The largest absolute Gasteiger partial charge is 0.444 e. The number of aromatic nitrogens is 2. The van der Waals surface area contributed by atoms with Gasteiger partial charge in [0.1, 0.15) is 16.9 Å². The SMILES string of the molecule is CCc1nc2ccc(Cl)cn2c1C(=O)NCC1CCC2(CCN(C(=O)OC(C)(C)C)CC2)CO1. The van der Waals surface area contributed by atoms with Gasteiger partial charge < -0.3 is 19.7 Å². The van der Waals surface area contributed by atoms with E-state index >= 15 is 0 Å². The van der Waals surface area contributed by atoms with E-state index < -0.39 is 5.60 Å². The zero-order valence-corrected chi connectivity index (χ0v) is 21.3. The molecule has 1 unspecified atom stereocenters. The summed E-state index contributed by atoms with van der Waals surface area (Å²) in [7, 11) is 0. The summed E-state index contributed by atoms with van der Waals surface area (Å²) in [5.74, 6) is -0.166. The van der Waals surface area contributed by atoms with Crippen molar-refractivity contribution >= 4 is 29.2 Å². The molecule has 2 amide bonds. The number of aryl methyl sites for hydroxylation is 1. The Morgan fingerprint density at radius 1 is 1.26 bits per heavy atom. The number of amides is 2. The van der Waals surface area contributed by atoms with Crippen molar-refractivity contribution in [1.29, 1.82) is 0 Å². The van der Waals surface area contributed by atoms with Crippen LogP contribution >= 0.6 is 11.6 Å². The molecule has 2 aromatic heterocycles. The Labute approximate surface area is 205 Å². The van der Waals surface area contributed by atoms with Crippen LogP contribution in [0.5, 0.6) is 0 Å². The Bertz CT molecular complexity index is 1040. The van der Waals surface area contributed by atoms with E-state index in [4.69, 9.17) is 21.1 Å². The number of hydrogen-bond acceptors (Lipinski definition) is 5. The molecule has 9 heteroatoms. The minimum absolute atomic E-state index is 0.0219. The van der Waals surface area contributed by atoms with E-state index in [1.165, 1.54) is 0 Å². The first-order chi connectivity index (χ1) is 16.1. The second kappa shape index (κ2) is 9.74. The average Bonchev–Trinajstić information content (AvgIpc) is 3.15. The average molecular weight is 491 g/mol. The molecule has 0 saturated carbocycles. The van der Waals surface area contributed by atoms with Crippen LogP contribution in [0.2, 0.25) is 5.02 Å². The van der Waals surface area contributed by atoms with Gasteiger partial charge in [0.2, 0.25) is 0 Å². The van der Waals surface area contributed by atoms with Gasteiger partial charge in [-0.2, -0.15) is 0 Å². The molecule has 4 rings (SSSR count). The molecule has 0 radical (unpaired) electrons. The molecule has 0 aliphatic carbocycles. The van der Waals surface area contributed by atoms with E-state index in [0.29, 0.717) is 49.0 Å². The molecule has 0 aromatic carbocycles. The van der Waals surface area contributed by atoms with E-state index in [1.807, 2.05) is 33.8 Å². The van der Waals surface area contributed by atoms with Crippen molar-refractivity contribution in [3.05, 3.63) is 34.7 Å². The smallest absolute Gasteiger partial charge is 0.410 e. The highest BCUT2D eigenvalue weighted by atomic mass is 35.5. The quantitative estimate of drug-likeness (QED) is 0.683. The molecule has 34 heavy (non-hydrogen) atoms. The van der Waals surface area contributed by atoms with E-state index in [9.17, 15) is 9.59 Å². The zero-order valence-electron chi connectivity index (χ0n) is 20.5. The number of halogens is 1. The Morgan fingerprint density at radius 2 is 2.00 bits per heavy atom. The maximum atomic E-state index is 13.0. The number of carbonyl (C=O) groups excluding carboxylic acids is 2. The van der Waals surface area contributed by atoms with Gasteiger partial charge in [0.25, 0.3) is 5.91 Å². The fraction of sp³-hybridized carbons (Fsp3) is 0.640. The molecule has 2 aliphatic heterocycles. The number of nitrogens with zero attached hydrogens (tertiary/aromatic N) is 3. The fourth-order valence-electron chi connectivity index (χ4n) is 4.81. The van der Waals surface area contributed by atoms with Gasteiger partial charge in [-0.25, -0.2) is 9.78 Å². The van der Waals surface area contributed by atoms with E-state index in [0.717, 1.165) is 31.4 Å². The maximum Gasteiger partial charge on any atom is 0.410 e.